The standard InChI is InChI=1S/C23H20SSi.C17H15NS.C11H10S2.C11H10S.C7H10S.5C2H6.10CH4.2CH3.2Y/c1-19-17-18-23(24-19)25(20-11-5-2-6-12-20,21-13-7-3-8-14-21)22-15-9-4-10-16-22;1-14-12-13-17(19-14)18(15-8-4-2-5-9-15)16-10-6-3-7-11-16;1-9-7-8-11(12-9)13-10-5-3-2-4-6-10;1-9-7-8-11(12-9)10-5-3-2-4-6-10;1-3-7-5-4-6(2)8-7;5*1-2;;;;;;;;;;;;;;/h2-18H,1H3;2-13H,1H3;2-8H,1H3;2-8H,1H3;4-5H,3H2,1-2H3;5*1-2H3;10*1H4;2*1H3;;/q;;;;;;;;;;;;;;;;;;;;2*-1;;. The summed E-state index contributed by atoms with van der Waals surface area (Å²) in [5.41, 5.74) is 3.70. The van der Waals surface area contributed by atoms with Gasteiger partial charge in [0.15, 0.2) is 8.07 Å². The Morgan fingerprint density at radius 1 is 0.307 bits per heavy atom. The first-order valence-electron chi connectivity index (χ1n) is 30.9. The van der Waals surface area contributed by atoms with Gasteiger partial charge in [-0.1, -0.05) is 344 Å². The molecule has 0 bridgehead atoms. The molecular formula is C91H141NS6SiY2-2. The Labute approximate surface area is 703 Å². The number of benzene rings is 7. The number of hydrogen-bond acceptors (Lipinski definition) is 7. The van der Waals surface area contributed by atoms with Gasteiger partial charge >= 0.3 is 0 Å². The van der Waals surface area contributed by atoms with E-state index in [9.17, 15) is 0 Å². The number of para-hydroxylation sites is 2. The first kappa shape index (κ1) is 123. The van der Waals surface area contributed by atoms with E-state index in [2.05, 4.69) is 295 Å². The molecule has 10 heteroatoms. The molecule has 2 radical (unpaired) electrons. The van der Waals surface area contributed by atoms with Crippen LogP contribution in [-0.4, -0.2) is 8.07 Å². The number of thiophene rings is 5. The van der Waals surface area contributed by atoms with Crippen LogP contribution in [0.2, 0.25) is 0 Å². The van der Waals surface area contributed by atoms with E-state index in [4.69, 9.17) is 0 Å². The molecule has 0 amide bonds. The van der Waals surface area contributed by atoms with Gasteiger partial charge in [-0.3, -0.25) is 0 Å². The average molecular weight is 1650 g/mol. The minimum Gasteiger partial charge on any atom is -0.358 e. The second-order valence-corrected chi connectivity index (χ2v) is 30.1. The van der Waals surface area contributed by atoms with Crippen molar-refractivity contribution >= 4 is 113 Å². The fraction of sp³-hybridized carbons (Fsp3) is 0.297. The Balaban J connectivity index is -0.0000000949. The van der Waals surface area contributed by atoms with Gasteiger partial charge in [-0.05, 0) is 153 Å². The number of nitrogens with zero attached hydrogens (tertiary/aromatic N) is 1. The van der Waals surface area contributed by atoms with Gasteiger partial charge in [0, 0.05) is 120 Å². The molecule has 558 valence electrons. The Bertz CT molecular complexity index is 3410. The molecule has 0 aliphatic rings. The van der Waals surface area contributed by atoms with Crippen LogP contribution in [0.3, 0.4) is 0 Å². The van der Waals surface area contributed by atoms with E-state index >= 15 is 0 Å². The summed E-state index contributed by atoms with van der Waals surface area (Å²) in [4.78, 5) is 13.3. The van der Waals surface area contributed by atoms with Gasteiger partial charge in [0.1, 0.15) is 5.00 Å². The maximum absolute atomic E-state index is 2.35. The molecule has 0 spiro atoms. The zero-order chi connectivity index (χ0) is 63.7. The van der Waals surface area contributed by atoms with E-state index in [1.807, 2.05) is 162 Å². The van der Waals surface area contributed by atoms with Gasteiger partial charge in [0.2, 0.25) is 0 Å². The molecule has 0 saturated heterocycles. The predicted octanol–water partition coefficient (Wildman–Crippen LogP) is 31.9. The number of anilines is 3. The maximum atomic E-state index is 2.35. The summed E-state index contributed by atoms with van der Waals surface area (Å²) in [5, 5.41) is 5.56. The van der Waals surface area contributed by atoms with Gasteiger partial charge in [-0.2, -0.15) is 0 Å². The van der Waals surface area contributed by atoms with Gasteiger partial charge < -0.3 is 19.8 Å². The number of aryl methyl sites for hydroxylation is 6. The largest absolute Gasteiger partial charge is 0.358 e. The van der Waals surface area contributed by atoms with Crippen LogP contribution < -0.4 is 25.0 Å². The van der Waals surface area contributed by atoms with Gasteiger partial charge in [-0.25, -0.2) is 0 Å². The molecule has 0 N–H and O–H groups in total. The second kappa shape index (κ2) is 73.9. The zero-order valence-corrected chi connectivity index (χ0v) is 69.3. The minimum atomic E-state index is -2.26. The monoisotopic (exact) mass is 1650 g/mol. The first-order valence-corrected chi connectivity index (χ1v) is 37.8. The molecule has 0 unspecified atom stereocenters. The van der Waals surface area contributed by atoms with E-state index in [0.29, 0.717) is 0 Å². The SMILES string of the molecule is C.C.C.C.C.C.C.C.C.C.CC.CC.CC.CC.CC.CCc1ccc(C)s1.Cc1ccc(-c2ccccc2)s1.Cc1ccc(N(c2ccccc2)c2ccccc2)s1.Cc1ccc(Sc2ccccc2)s1.Cc1ccc([Si](c2ccccc2)(c2ccccc2)c2ccccc2)s1.[CH3-].[CH3-].[Y].[Y]. The topological polar surface area (TPSA) is 3.24 Å². The third-order valence-electron chi connectivity index (χ3n) is 12.3. The van der Waals surface area contributed by atoms with Crippen LogP contribution in [0, 0.1) is 49.5 Å². The normalized spacial score (nSPS) is 8.36. The van der Waals surface area contributed by atoms with E-state index < -0.39 is 8.07 Å². The molecule has 5 heterocycles. The summed E-state index contributed by atoms with van der Waals surface area (Å²) in [6.07, 6.45) is 1.18. The van der Waals surface area contributed by atoms with Crippen molar-refractivity contribution in [1.82, 2.24) is 0 Å². The van der Waals surface area contributed by atoms with Gasteiger partial charge in [0.25, 0.3) is 0 Å². The van der Waals surface area contributed by atoms with Gasteiger partial charge in [-0.15, -0.1) is 56.7 Å². The van der Waals surface area contributed by atoms with E-state index in [1.165, 1.54) is 91.7 Å². The van der Waals surface area contributed by atoms with E-state index in [1.54, 1.807) is 0 Å². The molecular weight excluding hydrogens is 1510 g/mol. The molecule has 5 aromatic heterocycles. The van der Waals surface area contributed by atoms with Crippen LogP contribution in [-0.2, 0) is 71.8 Å². The molecule has 0 atom stereocenters. The van der Waals surface area contributed by atoms with Crippen LogP contribution in [0.5, 0.6) is 0 Å². The molecule has 0 aliphatic heterocycles. The summed E-state index contributed by atoms with van der Waals surface area (Å²) in [5.74, 6) is 0. The Morgan fingerprint density at radius 3 is 0.911 bits per heavy atom. The van der Waals surface area contributed by atoms with Crippen LogP contribution in [0.4, 0.5) is 16.4 Å². The summed E-state index contributed by atoms with van der Waals surface area (Å²) in [6.45, 7) is 32.9. The van der Waals surface area contributed by atoms with Crippen LogP contribution >= 0.6 is 68.4 Å². The van der Waals surface area contributed by atoms with Crippen LogP contribution in [0.15, 0.2) is 282 Å². The minimum absolute atomic E-state index is 0. The zero-order valence-electron chi connectivity index (χ0n) is 57.7. The fourth-order valence-corrected chi connectivity index (χ4v) is 20.4. The summed E-state index contributed by atoms with van der Waals surface area (Å²) >= 11 is 11.2. The second-order valence-electron chi connectivity index (χ2n) is 18.1. The van der Waals surface area contributed by atoms with Crippen LogP contribution in [0.25, 0.3) is 10.4 Å². The summed E-state index contributed by atoms with van der Waals surface area (Å²) < 4.78 is 2.86. The van der Waals surface area contributed by atoms with Crippen molar-refractivity contribution in [2.45, 2.75) is 201 Å². The molecule has 12 aromatic rings. The predicted molar refractivity (Wildman–Crippen MR) is 486 cm³/mol. The smallest absolute Gasteiger partial charge is 0.191 e. The van der Waals surface area contributed by atoms with Crippen molar-refractivity contribution in [1.29, 1.82) is 0 Å². The molecule has 1 nitrogen and oxygen atoms in total. The average Bonchev–Trinajstić information content (AvgIpc) is 1.63. The third-order valence-corrected chi connectivity index (χ3v) is 24.2. The van der Waals surface area contributed by atoms with Crippen molar-refractivity contribution < 1.29 is 65.4 Å². The summed E-state index contributed by atoms with van der Waals surface area (Å²) in [7, 11) is -2.26. The van der Waals surface area contributed by atoms with Crippen molar-refractivity contribution in [3.8, 4) is 10.4 Å². The first-order chi connectivity index (χ1) is 42.7. The quantitative estimate of drug-likeness (QED) is 0.0721. The Kier molecular flexibility index (Phi) is 90.3. The Hall–Kier alpha value is -4.39. The number of rotatable bonds is 11. The van der Waals surface area contributed by atoms with E-state index in [-0.39, 0.29) is 155 Å². The molecule has 0 fully saturated rings. The fourth-order valence-electron chi connectivity index (χ4n) is 8.67. The third kappa shape index (κ3) is 41.2. The summed E-state index contributed by atoms with van der Waals surface area (Å²) in [6, 6.07) is 97.1. The van der Waals surface area contributed by atoms with Gasteiger partial charge in [0.05, 0.1) is 4.21 Å². The molecule has 0 aliphatic carbocycles. The van der Waals surface area contributed by atoms with Crippen molar-refractivity contribution in [3.63, 3.8) is 0 Å². The van der Waals surface area contributed by atoms with Crippen molar-refractivity contribution in [3.05, 3.63) is 317 Å². The van der Waals surface area contributed by atoms with Crippen molar-refractivity contribution in [2.24, 2.45) is 0 Å². The van der Waals surface area contributed by atoms with Crippen molar-refractivity contribution in [2.75, 3.05) is 4.90 Å². The molecule has 12 rings (SSSR count). The Morgan fingerprint density at radius 2 is 0.614 bits per heavy atom. The molecule has 101 heavy (non-hydrogen) atoms. The van der Waals surface area contributed by atoms with Crippen LogP contribution in [0.1, 0.15) is 180 Å². The maximum Gasteiger partial charge on any atom is 0.191 e. The molecule has 0 saturated carbocycles. The molecule has 7 aromatic carbocycles. The number of hydrogen-bond donors (Lipinski definition) is 0. The van der Waals surface area contributed by atoms with E-state index in [0.717, 1.165) is 0 Å².